The minimum atomic E-state index is -0.130. The van der Waals surface area contributed by atoms with E-state index in [2.05, 4.69) is 30.2 Å². The van der Waals surface area contributed by atoms with Gasteiger partial charge in [0, 0.05) is 24.8 Å². The van der Waals surface area contributed by atoms with Crippen LogP contribution in [0.3, 0.4) is 0 Å². The molecule has 9 nitrogen and oxygen atoms in total. The van der Waals surface area contributed by atoms with Crippen molar-refractivity contribution in [1.29, 1.82) is 0 Å². The number of aromatic nitrogens is 4. The van der Waals surface area contributed by atoms with E-state index < -0.39 is 0 Å². The maximum absolute atomic E-state index is 12.9. The molecule has 0 aliphatic carbocycles. The number of benzene rings is 1. The Balaban J connectivity index is 1.31. The summed E-state index contributed by atoms with van der Waals surface area (Å²) in [4.78, 5) is 30.8. The number of aromatic amines is 1. The van der Waals surface area contributed by atoms with Crippen molar-refractivity contribution >= 4 is 28.6 Å². The van der Waals surface area contributed by atoms with E-state index in [-0.39, 0.29) is 11.8 Å². The van der Waals surface area contributed by atoms with Crippen LogP contribution in [-0.2, 0) is 4.79 Å². The zero-order chi connectivity index (χ0) is 18.9. The van der Waals surface area contributed by atoms with Crippen LogP contribution in [0.25, 0.3) is 11.2 Å². The molecule has 4 heterocycles. The van der Waals surface area contributed by atoms with Crippen LogP contribution in [0.4, 0.5) is 11.5 Å². The molecule has 0 radical (unpaired) electrons. The lowest BCUT2D eigenvalue weighted by Crippen LogP contribution is -2.41. The van der Waals surface area contributed by atoms with Crippen molar-refractivity contribution in [2.24, 2.45) is 5.92 Å². The van der Waals surface area contributed by atoms with Gasteiger partial charge in [0.25, 0.3) is 0 Å². The third kappa shape index (κ3) is 3.08. The van der Waals surface area contributed by atoms with Gasteiger partial charge in [-0.25, -0.2) is 15.0 Å². The maximum Gasteiger partial charge on any atom is 0.229 e. The van der Waals surface area contributed by atoms with Crippen LogP contribution in [-0.4, -0.2) is 52.1 Å². The summed E-state index contributed by atoms with van der Waals surface area (Å²) in [6.07, 6.45) is 4.87. The van der Waals surface area contributed by atoms with Crippen molar-refractivity contribution in [3.05, 3.63) is 30.9 Å². The SMILES string of the molecule is O=C(Nc1ccc2c(c1)OCCO2)[C@@H]1CCCN(c2ncnc3nc[nH]c23)C1. The van der Waals surface area contributed by atoms with E-state index in [0.29, 0.717) is 42.6 Å². The highest BCUT2D eigenvalue weighted by Gasteiger charge is 2.28. The monoisotopic (exact) mass is 380 g/mol. The number of nitrogens with zero attached hydrogens (tertiary/aromatic N) is 4. The van der Waals surface area contributed by atoms with Gasteiger partial charge in [-0.15, -0.1) is 0 Å². The number of hydrogen-bond acceptors (Lipinski definition) is 7. The zero-order valence-corrected chi connectivity index (χ0v) is 15.2. The first-order valence-electron chi connectivity index (χ1n) is 9.37. The molecule has 0 bridgehead atoms. The largest absolute Gasteiger partial charge is 0.486 e. The molecule has 1 fully saturated rings. The van der Waals surface area contributed by atoms with Crippen LogP contribution in [0.1, 0.15) is 12.8 Å². The van der Waals surface area contributed by atoms with Crippen LogP contribution in [0, 0.1) is 5.92 Å². The molecule has 0 saturated carbocycles. The lowest BCUT2D eigenvalue weighted by Gasteiger charge is -2.33. The lowest BCUT2D eigenvalue weighted by atomic mass is 9.97. The Labute approximate surface area is 161 Å². The Bertz CT molecular complexity index is 1020. The topological polar surface area (TPSA) is 105 Å². The number of nitrogens with one attached hydrogen (secondary N) is 2. The molecule has 28 heavy (non-hydrogen) atoms. The third-order valence-corrected chi connectivity index (χ3v) is 5.10. The number of amides is 1. The van der Waals surface area contributed by atoms with Gasteiger partial charge < -0.3 is 24.7 Å². The van der Waals surface area contributed by atoms with Gasteiger partial charge in [-0.05, 0) is 25.0 Å². The van der Waals surface area contributed by atoms with Gasteiger partial charge in [0.05, 0.1) is 12.2 Å². The highest BCUT2D eigenvalue weighted by Crippen LogP contribution is 2.33. The van der Waals surface area contributed by atoms with Gasteiger partial charge in [-0.2, -0.15) is 0 Å². The first-order chi connectivity index (χ1) is 13.8. The fourth-order valence-electron chi connectivity index (χ4n) is 3.74. The summed E-state index contributed by atoms with van der Waals surface area (Å²) in [5.74, 6) is 2.03. The molecule has 1 saturated heterocycles. The number of hydrogen-bond donors (Lipinski definition) is 2. The third-order valence-electron chi connectivity index (χ3n) is 5.10. The molecule has 2 aromatic heterocycles. The van der Waals surface area contributed by atoms with Crippen molar-refractivity contribution in [2.75, 3.05) is 36.5 Å². The summed E-state index contributed by atoms with van der Waals surface area (Å²) in [5, 5.41) is 3.01. The summed E-state index contributed by atoms with van der Waals surface area (Å²) in [6.45, 7) is 2.51. The highest BCUT2D eigenvalue weighted by molar-refractivity contribution is 5.93. The van der Waals surface area contributed by atoms with Crippen molar-refractivity contribution < 1.29 is 14.3 Å². The lowest BCUT2D eigenvalue weighted by molar-refractivity contribution is -0.120. The molecule has 2 aliphatic heterocycles. The predicted octanol–water partition coefficient (Wildman–Crippen LogP) is 1.98. The van der Waals surface area contributed by atoms with Crippen LogP contribution < -0.4 is 19.7 Å². The van der Waals surface area contributed by atoms with Crippen molar-refractivity contribution in [1.82, 2.24) is 19.9 Å². The number of ether oxygens (including phenoxy) is 2. The molecule has 2 N–H and O–H groups in total. The number of fused-ring (bicyclic) bond motifs is 2. The van der Waals surface area contributed by atoms with E-state index in [0.717, 1.165) is 30.7 Å². The Kier molecular flexibility index (Phi) is 4.19. The second-order valence-electron chi connectivity index (χ2n) is 6.93. The fourth-order valence-corrected chi connectivity index (χ4v) is 3.74. The number of imidazole rings is 1. The van der Waals surface area contributed by atoms with Gasteiger partial charge in [0.15, 0.2) is 23.0 Å². The smallest absolute Gasteiger partial charge is 0.229 e. The van der Waals surface area contributed by atoms with Crippen molar-refractivity contribution in [2.45, 2.75) is 12.8 Å². The Morgan fingerprint density at radius 2 is 2.07 bits per heavy atom. The minimum Gasteiger partial charge on any atom is -0.486 e. The first-order valence-corrected chi connectivity index (χ1v) is 9.37. The van der Waals surface area contributed by atoms with E-state index in [9.17, 15) is 4.79 Å². The van der Waals surface area contributed by atoms with Crippen LogP contribution >= 0.6 is 0 Å². The number of carbonyl (C=O) groups excluding carboxylic acids is 1. The number of piperidine rings is 1. The van der Waals surface area contributed by atoms with E-state index in [1.165, 1.54) is 6.33 Å². The molecule has 5 rings (SSSR count). The van der Waals surface area contributed by atoms with Crippen LogP contribution in [0.15, 0.2) is 30.9 Å². The Morgan fingerprint density at radius 3 is 3.00 bits per heavy atom. The summed E-state index contributed by atoms with van der Waals surface area (Å²) >= 11 is 0. The van der Waals surface area contributed by atoms with Gasteiger partial charge in [0.2, 0.25) is 5.91 Å². The zero-order valence-electron chi connectivity index (χ0n) is 15.2. The summed E-state index contributed by atoms with van der Waals surface area (Å²) in [5.41, 5.74) is 2.15. The molecule has 0 unspecified atom stereocenters. The van der Waals surface area contributed by atoms with Gasteiger partial charge >= 0.3 is 0 Å². The number of anilines is 2. The molecule has 9 heteroatoms. The molecule has 2 aliphatic rings. The van der Waals surface area contributed by atoms with Crippen LogP contribution in [0.5, 0.6) is 11.5 Å². The normalized spacial score (nSPS) is 18.9. The maximum atomic E-state index is 12.9. The number of H-pyrrole nitrogens is 1. The molecular weight excluding hydrogens is 360 g/mol. The van der Waals surface area contributed by atoms with Gasteiger partial charge in [-0.1, -0.05) is 0 Å². The summed E-state index contributed by atoms with van der Waals surface area (Å²) < 4.78 is 11.1. The quantitative estimate of drug-likeness (QED) is 0.716. The van der Waals surface area contributed by atoms with E-state index in [1.807, 2.05) is 18.2 Å². The van der Waals surface area contributed by atoms with Gasteiger partial charge in [-0.3, -0.25) is 4.79 Å². The molecule has 0 spiro atoms. The van der Waals surface area contributed by atoms with E-state index >= 15 is 0 Å². The number of carbonyl (C=O) groups is 1. The van der Waals surface area contributed by atoms with Gasteiger partial charge in [0.1, 0.15) is 25.1 Å². The second-order valence-corrected chi connectivity index (χ2v) is 6.93. The Hall–Kier alpha value is -3.36. The van der Waals surface area contributed by atoms with Crippen LogP contribution in [0.2, 0.25) is 0 Å². The highest BCUT2D eigenvalue weighted by atomic mass is 16.6. The molecule has 144 valence electrons. The molecular formula is C19H20N6O3. The summed E-state index contributed by atoms with van der Waals surface area (Å²) in [7, 11) is 0. The molecule has 1 aromatic carbocycles. The average molecular weight is 380 g/mol. The molecule has 3 aromatic rings. The Morgan fingerprint density at radius 1 is 1.18 bits per heavy atom. The molecule has 1 atom stereocenters. The molecule has 1 amide bonds. The van der Waals surface area contributed by atoms with E-state index in [1.54, 1.807) is 6.33 Å². The standard InChI is InChI=1S/C19H20N6O3/c26-19(24-13-3-4-14-15(8-13)28-7-6-27-14)12-2-1-5-25(9-12)18-16-17(21-10-20-16)22-11-23-18/h3-4,8,10-12H,1-2,5-7,9H2,(H,24,26)(H,20,21,22,23)/t12-/m1/s1. The first kappa shape index (κ1) is 16.8. The second kappa shape index (κ2) is 6.99. The fraction of sp³-hybridized carbons (Fsp3) is 0.368. The van der Waals surface area contributed by atoms with E-state index in [4.69, 9.17) is 9.47 Å². The van der Waals surface area contributed by atoms with Crippen molar-refractivity contribution in [3.63, 3.8) is 0 Å². The van der Waals surface area contributed by atoms with Crippen molar-refractivity contribution in [3.8, 4) is 11.5 Å². The average Bonchev–Trinajstić information content (AvgIpc) is 3.23. The summed E-state index contributed by atoms with van der Waals surface area (Å²) in [6, 6.07) is 5.48. The minimum absolute atomic E-state index is 0.00344. The predicted molar refractivity (Wildman–Crippen MR) is 103 cm³/mol. The number of rotatable bonds is 3.